The van der Waals surface area contributed by atoms with Crippen molar-refractivity contribution in [1.29, 1.82) is 0 Å². The average molecular weight is 1180 g/mol. The number of urea groups is 1. The van der Waals surface area contributed by atoms with Crippen molar-refractivity contribution in [3.8, 4) is 0 Å². The van der Waals surface area contributed by atoms with Gasteiger partial charge in [0.15, 0.2) is 18.5 Å². The fourth-order valence-corrected chi connectivity index (χ4v) is 10.2. The molecule has 1 aromatic heterocycles. The van der Waals surface area contributed by atoms with Gasteiger partial charge in [0, 0.05) is 45.4 Å². The van der Waals surface area contributed by atoms with Crippen LogP contribution in [0.4, 0.5) is 4.79 Å². The van der Waals surface area contributed by atoms with Gasteiger partial charge in [0.2, 0.25) is 11.8 Å². The first-order valence-corrected chi connectivity index (χ1v) is 29.1. The zero-order valence-corrected chi connectivity index (χ0v) is 48.9. The van der Waals surface area contributed by atoms with Gasteiger partial charge in [-0.25, -0.2) is 19.4 Å². The number of aromatic nitrogens is 2. The molecule has 0 unspecified atom stereocenters. The highest BCUT2D eigenvalue weighted by Gasteiger charge is 2.54. The molecule has 1 aromatic rings. The maximum absolute atomic E-state index is 14.5. The number of H-pyrrole nitrogens is 1. The number of nitrogens with zero attached hydrogens (tertiary/aromatic N) is 2. The Balaban J connectivity index is 1.54. The zero-order chi connectivity index (χ0) is 61.5. The second kappa shape index (κ2) is 34.9. The van der Waals surface area contributed by atoms with E-state index >= 15 is 0 Å². The summed E-state index contributed by atoms with van der Waals surface area (Å²) < 4.78 is 30.1. The number of aliphatic carboxylic acids is 2. The molecule has 29 nitrogen and oxygen atoms in total. The fourth-order valence-electron chi connectivity index (χ4n) is 10.2. The van der Waals surface area contributed by atoms with Crippen LogP contribution in [0.25, 0.3) is 0 Å². The molecule has 0 saturated carbocycles. The topological polar surface area (TPSA) is 441 Å². The predicted octanol–water partition coefficient (Wildman–Crippen LogP) is -1.01. The van der Waals surface area contributed by atoms with E-state index in [0.717, 1.165) is 48.9 Å². The van der Waals surface area contributed by atoms with Crippen LogP contribution in [0.2, 0.25) is 0 Å². The predicted molar refractivity (Wildman–Crippen MR) is 300 cm³/mol. The fraction of sp³-hybridized carbons (Fsp3) is 0.796. The van der Waals surface area contributed by atoms with Crippen molar-refractivity contribution >= 4 is 41.7 Å². The van der Waals surface area contributed by atoms with Crippen LogP contribution in [-0.2, 0) is 47.7 Å². The number of guanidine groups is 1. The zero-order valence-electron chi connectivity index (χ0n) is 48.9. The SMILES string of the molecule is CO[C@H]1[C@H](O[C@H]([C@H]2O[C@@H](n3ccc(=O)[nH]c3=O)[C@H](O)[C@@H]2O)[C@H](NCCCNC(=O)[C@@H](NC(=O)[C@@H](NC(=O)N[C@H](C(=O)O)C(C)C)[C@@H]2CCNC(N)=N2)[C@@H](OC(=O)CCCCCCCCCCCCC(C)C)C(C)C)C(=O)O)O[C@H](CN)[C@H]1O. The van der Waals surface area contributed by atoms with E-state index in [0.29, 0.717) is 12.3 Å². The van der Waals surface area contributed by atoms with Crippen LogP contribution in [0, 0.1) is 17.8 Å². The van der Waals surface area contributed by atoms with Crippen LogP contribution in [0.3, 0.4) is 0 Å². The van der Waals surface area contributed by atoms with E-state index in [9.17, 15) is 63.9 Å². The molecule has 2 saturated heterocycles. The van der Waals surface area contributed by atoms with E-state index in [1.165, 1.54) is 39.2 Å². The van der Waals surface area contributed by atoms with E-state index in [4.69, 9.17) is 35.2 Å². The first kappa shape index (κ1) is 69.7. The summed E-state index contributed by atoms with van der Waals surface area (Å²) in [5, 5.41) is 69.8. The Hall–Kier alpha value is -5.79. The van der Waals surface area contributed by atoms with E-state index in [1.807, 2.05) is 4.98 Å². The summed E-state index contributed by atoms with van der Waals surface area (Å²) in [7, 11) is 1.23. The highest BCUT2D eigenvalue weighted by atomic mass is 16.7. The number of hydrogen-bond acceptors (Lipinski definition) is 21. The molecule has 3 aliphatic heterocycles. The molecule has 0 radical (unpaired) electrons. The van der Waals surface area contributed by atoms with Gasteiger partial charge in [-0.1, -0.05) is 106 Å². The largest absolute Gasteiger partial charge is 0.480 e. The molecule has 0 spiro atoms. The van der Waals surface area contributed by atoms with Gasteiger partial charge in [-0.2, -0.15) is 0 Å². The van der Waals surface area contributed by atoms with E-state index in [1.54, 1.807) is 27.7 Å². The first-order chi connectivity index (χ1) is 39.4. The summed E-state index contributed by atoms with van der Waals surface area (Å²) in [6.07, 6.45) is -2.67. The summed E-state index contributed by atoms with van der Waals surface area (Å²) in [5.41, 5.74) is 10.0. The number of nitrogens with two attached hydrogens (primary N) is 2. The summed E-state index contributed by atoms with van der Waals surface area (Å²) in [6.45, 7) is 10.6. The molecule has 472 valence electrons. The number of aromatic amines is 1. The quantitative estimate of drug-likeness (QED) is 0.0280. The number of unbranched alkanes of at least 4 members (excludes halogenated alkanes) is 9. The lowest BCUT2D eigenvalue weighted by atomic mass is 9.96. The maximum atomic E-state index is 14.5. The third-order valence-electron chi connectivity index (χ3n) is 14.9. The van der Waals surface area contributed by atoms with Crippen molar-refractivity contribution in [3.63, 3.8) is 0 Å². The number of hydrogen-bond donors (Lipinski definition) is 14. The third-order valence-corrected chi connectivity index (χ3v) is 14.9. The van der Waals surface area contributed by atoms with Crippen molar-refractivity contribution in [2.75, 3.05) is 33.3 Å². The number of esters is 1. The number of amides is 4. The van der Waals surface area contributed by atoms with Gasteiger partial charge in [-0.05, 0) is 43.6 Å². The molecule has 2 fully saturated rings. The summed E-state index contributed by atoms with van der Waals surface area (Å²) >= 11 is 0. The molecular formula is C54H93N11O18. The number of carboxylic acids is 2. The van der Waals surface area contributed by atoms with Crippen molar-refractivity contribution in [2.24, 2.45) is 34.2 Å². The molecule has 4 amide bonds. The monoisotopic (exact) mass is 1180 g/mol. The lowest BCUT2D eigenvalue weighted by Crippen LogP contribution is -2.63. The van der Waals surface area contributed by atoms with Crippen LogP contribution in [-0.4, -0.2) is 195 Å². The highest BCUT2D eigenvalue weighted by Crippen LogP contribution is 2.35. The molecular weight excluding hydrogens is 1090 g/mol. The maximum Gasteiger partial charge on any atom is 0.330 e. The number of rotatable bonds is 37. The number of aliphatic imine (C=N–C) groups is 1. The average Bonchev–Trinajstić information content (AvgIpc) is 4.03. The molecule has 29 heteroatoms. The van der Waals surface area contributed by atoms with Crippen molar-refractivity contribution in [2.45, 2.75) is 223 Å². The Kier molecular flexibility index (Phi) is 29.3. The van der Waals surface area contributed by atoms with Crippen molar-refractivity contribution < 1.29 is 78.0 Å². The second-order valence-corrected chi connectivity index (χ2v) is 22.6. The summed E-state index contributed by atoms with van der Waals surface area (Å²) in [4.78, 5) is 112. The van der Waals surface area contributed by atoms with E-state index in [2.05, 4.69) is 50.7 Å². The van der Waals surface area contributed by atoms with Crippen molar-refractivity contribution in [1.82, 2.24) is 41.5 Å². The smallest absolute Gasteiger partial charge is 0.330 e. The molecule has 0 bridgehead atoms. The minimum absolute atomic E-state index is 0.0257. The highest BCUT2D eigenvalue weighted by molar-refractivity contribution is 5.94. The number of carbonyl (C=O) groups excluding carboxylic acids is 4. The van der Waals surface area contributed by atoms with Gasteiger partial charge in [0.1, 0.15) is 73.0 Å². The molecule has 0 aromatic carbocycles. The lowest BCUT2D eigenvalue weighted by molar-refractivity contribution is -0.231. The van der Waals surface area contributed by atoms with Crippen molar-refractivity contribution in [3.05, 3.63) is 33.1 Å². The molecule has 3 aliphatic rings. The van der Waals surface area contributed by atoms with Crippen LogP contribution in [0.1, 0.15) is 138 Å². The summed E-state index contributed by atoms with van der Waals surface area (Å²) in [5.74, 6) is -5.79. The molecule has 16 N–H and O–H groups in total. The molecule has 15 atom stereocenters. The lowest BCUT2D eigenvalue weighted by Gasteiger charge is -2.34. The molecule has 83 heavy (non-hydrogen) atoms. The number of aliphatic hydroxyl groups excluding tert-OH is 3. The summed E-state index contributed by atoms with van der Waals surface area (Å²) in [6, 6.07) is -7.39. The van der Waals surface area contributed by atoms with E-state index in [-0.39, 0.29) is 51.4 Å². The number of carbonyl (C=O) groups is 6. The Morgan fingerprint density at radius 1 is 0.783 bits per heavy atom. The number of ether oxygens (including phenoxy) is 5. The Morgan fingerprint density at radius 2 is 1.42 bits per heavy atom. The van der Waals surface area contributed by atoms with E-state index < -0.39 is 150 Å². The number of carboxylic acid groups (broad SMARTS) is 2. The number of methoxy groups -OCH3 is 1. The van der Waals surface area contributed by atoms with Crippen LogP contribution < -0.4 is 54.6 Å². The molecule has 0 aliphatic carbocycles. The van der Waals surface area contributed by atoms with Crippen LogP contribution >= 0.6 is 0 Å². The Morgan fingerprint density at radius 3 is 1.99 bits per heavy atom. The molecule has 4 rings (SSSR count). The minimum atomic E-state index is -1.93. The van der Waals surface area contributed by atoms with Gasteiger partial charge in [-0.3, -0.25) is 33.5 Å². The van der Waals surface area contributed by atoms with Gasteiger partial charge in [0.05, 0.1) is 6.04 Å². The standard InChI is InChI=1S/C54H93N11O18/c1-28(2)19-16-14-12-10-8-9-11-13-15-17-20-34(67)81-42(30(5)6)37(62-47(72)36(31-21-25-59-52(56)60-31)64-53(77)63-35(29(3)4)49(73)74)46(71)58-24-18-23-57-38(50(75)76)43(83-51-45(79-7)39(68)32(27-55)80-51)44-40(69)41(70)48(82-44)65-26-22-33(66)61-54(65)78/h22,26,28-32,35-45,48,51,57,68-70H,8-21,23-25,27,55H2,1-7H3,(H,58,71)(H,62,72)(H,73,74)(H,75,76)(H3,56,59,60)(H,61,66,78)(H2,63,64,77)/t31-,32+,35-,36-,37-,38-,39+,40-,41+,42-,43-,44-,45+,48+,51-/m0/s1. The number of nitrogens with one attached hydrogen (secondary N) is 7. The van der Waals surface area contributed by atoms with Gasteiger partial charge >= 0.3 is 29.6 Å². The third kappa shape index (κ3) is 21.3. The Labute approximate surface area is 483 Å². The number of aliphatic hydroxyl groups is 3. The molecule has 4 heterocycles. The van der Waals surface area contributed by atoms with Gasteiger partial charge < -0.3 is 92.6 Å². The van der Waals surface area contributed by atoms with Crippen LogP contribution in [0.5, 0.6) is 0 Å². The first-order valence-electron chi connectivity index (χ1n) is 29.1. The normalized spacial score (nSPS) is 24.7. The Bertz CT molecular complexity index is 2370. The van der Waals surface area contributed by atoms with Gasteiger partial charge in [0.25, 0.3) is 5.56 Å². The minimum Gasteiger partial charge on any atom is -0.480 e. The van der Waals surface area contributed by atoms with Gasteiger partial charge in [-0.15, -0.1) is 0 Å². The second-order valence-electron chi connectivity index (χ2n) is 22.6. The van der Waals surface area contributed by atoms with Crippen LogP contribution in [0.15, 0.2) is 26.8 Å².